The monoisotopic (exact) mass is 358 g/mol. The van der Waals surface area contributed by atoms with Crippen molar-refractivity contribution in [3.8, 4) is 0 Å². The van der Waals surface area contributed by atoms with Crippen LogP contribution in [0.3, 0.4) is 0 Å². The number of aromatic carboxylic acids is 2. The number of nitro groups is 2. The Bertz CT molecular complexity index is 887. The minimum absolute atomic E-state index is 0.109. The highest BCUT2D eigenvalue weighted by atomic mass is 16.6. The molecule has 0 spiro atoms. The molecule has 2 aromatic rings. The second-order valence-electron chi connectivity index (χ2n) is 5.00. The van der Waals surface area contributed by atoms with E-state index in [-0.39, 0.29) is 22.3 Å². The molecule has 2 rings (SSSR count). The predicted octanol–water partition coefficient (Wildman–Crippen LogP) is 3.07. The summed E-state index contributed by atoms with van der Waals surface area (Å²) in [6, 6.07) is 6.42. The van der Waals surface area contributed by atoms with Crippen LogP contribution in [-0.2, 0) is 0 Å². The fraction of sp³-hybridized carbons (Fsp3) is 0. The third kappa shape index (κ3) is 3.87. The van der Waals surface area contributed by atoms with Crippen molar-refractivity contribution in [2.75, 3.05) is 0 Å². The molecule has 0 amide bonds. The van der Waals surface area contributed by atoms with Crippen molar-refractivity contribution in [2.45, 2.75) is 0 Å². The SMILES string of the molecule is O=C(O)c1cc([N+](=O)[O-])ccc1C=Cc1ccc([N+](=O)[O-])cc1C(=O)O. The van der Waals surface area contributed by atoms with Crippen LogP contribution in [0.4, 0.5) is 11.4 Å². The molecule has 0 unspecified atom stereocenters. The van der Waals surface area contributed by atoms with Gasteiger partial charge in [-0.1, -0.05) is 12.2 Å². The van der Waals surface area contributed by atoms with Crippen molar-refractivity contribution in [1.82, 2.24) is 0 Å². The van der Waals surface area contributed by atoms with Gasteiger partial charge in [0.15, 0.2) is 0 Å². The minimum Gasteiger partial charge on any atom is -0.478 e. The summed E-state index contributed by atoms with van der Waals surface area (Å²) in [5.74, 6) is -2.79. The van der Waals surface area contributed by atoms with Gasteiger partial charge in [0.25, 0.3) is 11.4 Å². The van der Waals surface area contributed by atoms with Crippen LogP contribution in [0.1, 0.15) is 31.8 Å². The lowest BCUT2D eigenvalue weighted by atomic mass is 10.0. The molecule has 0 bridgehead atoms. The molecule has 0 radical (unpaired) electrons. The molecule has 0 atom stereocenters. The second kappa shape index (κ2) is 7.21. The van der Waals surface area contributed by atoms with Crippen LogP contribution in [0, 0.1) is 20.2 Å². The highest BCUT2D eigenvalue weighted by Gasteiger charge is 2.16. The molecular formula is C16H10N2O8. The van der Waals surface area contributed by atoms with Crippen molar-refractivity contribution in [1.29, 1.82) is 0 Å². The molecular weight excluding hydrogens is 348 g/mol. The molecule has 0 saturated carbocycles. The molecule has 10 heteroatoms. The minimum atomic E-state index is -1.39. The first-order chi connectivity index (χ1) is 12.2. The van der Waals surface area contributed by atoms with Gasteiger partial charge in [-0.25, -0.2) is 9.59 Å². The molecule has 0 fully saturated rings. The molecule has 0 heterocycles. The number of carboxylic acid groups (broad SMARTS) is 2. The maximum Gasteiger partial charge on any atom is 0.336 e. The van der Waals surface area contributed by atoms with Crippen molar-refractivity contribution >= 4 is 35.5 Å². The highest BCUT2D eigenvalue weighted by Crippen LogP contribution is 2.23. The van der Waals surface area contributed by atoms with Crippen LogP contribution in [-0.4, -0.2) is 32.0 Å². The molecule has 0 aliphatic heterocycles. The van der Waals surface area contributed by atoms with Gasteiger partial charge >= 0.3 is 11.9 Å². The molecule has 0 aliphatic rings. The van der Waals surface area contributed by atoms with Gasteiger partial charge in [0, 0.05) is 24.3 Å². The topological polar surface area (TPSA) is 161 Å². The lowest BCUT2D eigenvalue weighted by Crippen LogP contribution is -2.02. The Balaban J connectivity index is 2.50. The first-order valence-electron chi connectivity index (χ1n) is 6.92. The zero-order valence-corrected chi connectivity index (χ0v) is 12.9. The van der Waals surface area contributed by atoms with Crippen LogP contribution < -0.4 is 0 Å². The predicted molar refractivity (Wildman–Crippen MR) is 89.0 cm³/mol. The molecule has 2 aromatic carbocycles. The molecule has 26 heavy (non-hydrogen) atoms. The Labute approximate surface area is 144 Å². The van der Waals surface area contributed by atoms with Gasteiger partial charge in [0.1, 0.15) is 0 Å². The molecule has 132 valence electrons. The zero-order valence-electron chi connectivity index (χ0n) is 12.9. The summed E-state index contributed by atoms with van der Waals surface area (Å²) < 4.78 is 0. The van der Waals surface area contributed by atoms with E-state index in [9.17, 15) is 40.0 Å². The number of carboxylic acids is 2. The lowest BCUT2D eigenvalue weighted by Gasteiger charge is -2.03. The standard InChI is InChI=1S/C16H10N2O8/c19-15(20)13-7-11(17(23)24)5-3-9(13)1-2-10-4-6-12(18(25)26)8-14(10)16(21)22/h1-8H,(H,19,20)(H,21,22). The van der Waals surface area contributed by atoms with E-state index in [0.717, 1.165) is 24.3 Å². The van der Waals surface area contributed by atoms with Crippen LogP contribution in [0.25, 0.3) is 12.2 Å². The number of non-ortho nitro benzene ring substituents is 2. The summed E-state index contributed by atoms with van der Waals surface area (Å²) in [5, 5.41) is 39.9. The number of hydrogen-bond acceptors (Lipinski definition) is 6. The van der Waals surface area contributed by atoms with Gasteiger partial charge in [-0.15, -0.1) is 0 Å². The summed E-state index contributed by atoms with van der Waals surface area (Å²) in [5.41, 5.74) is -1.26. The van der Waals surface area contributed by atoms with Gasteiger partial charge in [-0.3, -0.25) is 20.2 Å². The molecule has 10 nitrogen and oxygen atoms in total. The molecule has 0 saturated heterocycles. The molecule has 0 aliphatic carbocycles. The second-order valence-corrected chi connectivity index (χ2v) is 5.00. The summed E-state index contributed by atoms with van der Waals surface area (Å²) in [6.45, 7) is 0. The maximum absolute atomic E-state index is 11.3. The van der Waals surface area contributed by atoms with Crippen molar-refractivity contribution in [3.63, 3.8) is 0 Å². The average Bonchev–Trinajstić information content (AvgIpc) is 2.59. The average molecular weight is 358 g/mol. The van der Waals surface area contributed by atoms with Crippen LogP contribution in [0.15, 0.2) is 36.4 Å². The number of rotatable bonds is 6. The third-order valence-electron chi connectivity index (χ3n) is 3.40. The first-order valence-corrected chi connectivity index (χ1v) is 6.92. The maximum atomic E-state index is 11.3. The van der Waals surface area contributed by atoms with E-state index in [2.05, 4.69) is 0 Å². The van der Waals surface area contributed by atoms with E-state index in [4.69, 9.17) is 0 Å². The smallest absolute Gasteiger partial charge is 0.336 e. The van der Waals surface area contributed by atoms with E-state index in [1.54, 1.807) is 0 Å². The van der Waals surface area contributed by atoms with E-state index in [1.807, 2.05) is 0 Å². The summed E-state index contributed by atoms with van der Waals surface area (Å²) in [7, 11) is 0. The van der Waals surface area contributed by atoms with Crippen molar-refractivity contribution in [3.05, 3.63) is 78.9 Å². The van der Waals surface area contributed by atoms with Gasteiger partial charge < -0.3 is 10.2 Å². The molecule has 2 N–H and O–H groups in total. The summed E-state index contributed by atoms with van der Waals surface area (Å²) in [4.78, 5) is 42.6. The van der Waals surface area contributed by atoms with E-state index in [1.165, 1.54) is 24.3 Å². The first kappa shape index (κ1) is 18.3. The number of carbonyl (C=O) groups is 2. The fourth-order valence-electron chi connectivity index (χ4n) is 2.16. The van der Waals surface area contributed by atoms with Crippen LogP contribution in [0.2, 0.25) is 0 Å². The van der Waals surface area contributed by atoms with Crippen molar-refractivity contribution < 1.29 is 29.6 Å². The third-order valence-corrected chi connectivity index (χ3v) is 3.40. The van der Waals surface area contributed by atoms with Gasteiger partial charge in [0.05, 0.1) is 21.0 Å². The summed E-state index contributed by atoms with van der Waals surface area (Å²) in [6.07, 6.45) is 2.53. The number of nitro benzene ring substituents is 2. The van der Waals surface area contributed by atoms with E-state index < -0.39 is 33.2 Å². The lowest BCUT2D eigenvalue weighted by molar-refractivity contribution is -0.385. The Morgan fingerprint density at radius 1 is 0.769 bits per heavy atom. The Morgan fingerprint density at radius 3 is 1.38 bits per heavy atom. The van der Waals surface area contributed by atoms with Crippen LogP contribution in [0.5, 0.6) is 0 Å². The fourth-order valence-corrected chi connectivity index (χ4v) is 2.16. The van der Waals surface area contributed by atoms with Gasteiger partial charge in [-0.2, -0.15) is 0 Å². The zero-order chi connectivity index (χ0) is 19.4. The molecule has 0 aromatic heterocycles. The quantitative estimate of drug-likeness (QED) is 0.452. The summed E-state index contributed by atoms with van der Waals surface area (Å²) >= 11 is 0. The Kier molecular flexibility index (Phi) is 5.07. The van der Waals surface area contributed by atoms with Gasteiger partial charge in [-0.05, 0) is 23.3 Å². The number of hydrogen-bond donors (Lipinski definition) is 2. The van der Waals surface area contributed by atoms with Gasteiger partial charge in [0.2, 0.25) is 0 Å². The Hall–Kier alpha value is -4.08. The largest absolute Gasteiger partial charge is 0.478 e. The van der Waals surface area contributed by atoms with E-state index in [0.29, 0.717) is 0 Å². The van der Waals surface area contributed by atoms with Crippen LogP contribution >= 0.6 is 0 Å². The van der Waals surface area contributed by atoms with Crippen molar-refractivity contribution in [2.24, 2.45) is 0 Å². The Morgan fingerprint density at radius 2 is 1.12 bits per heavy atom. The van der Waals surface area contributed by atoms with E-state index >= 15 is 0 Å². The normalized spacial score (nSPS) is 10.6. The highest BCUT2D eigenvalue weighted by molar-refractivity contribution is 5.97. The number of benzene rings is 2. The number of nitrogens with zero attached hydrogens (tertiary/aromatic N) is 2.